The molecule has 0 aliphatic heterocycles. The van der Waals surface area contributed by atoms with E-state index in [0.717, 1.165) is 54.7 Å². The first kappa shape index (κ1) is 20.9. The van der Waals surface area contributed by atoms with Crippen molar-refractivity contribution in [2.24, 2.45) is 5.92 Å². The predicted octanol–water partition coefficient (Wildman–Crippen LogP) is 8.64. The second kappa shape index (κ2) is 10.1. The second-order valence-corrected chi connectivity index (χ2v) is 8.13. The molecule has 0 N–H and O–H groups in total. The Morgan fingerprint density at radius 3 is 2.50 bits per heavy atom. The zero-order valence-corrected chi connectivity index (χ0v) is 17.7. The van der Waals surface area contributed by atoms with Crippen LogP contribution in [0.1, 0.15) is 63.5 Å². The van der Waals surface area contributed by atoms with Crippen LogP contribution in [0.5, 0.6) is 0 Å². The minimum Gasteiger partial charge on any atom is -0.205 e. The summed E-state index contributed by atoms with van der Waals surface area (Å²) < 4.78 is 15.1. The van der Waals surface area contributed by atoms with Crippen molar-refractivity contribution >= 4 is 17.2 Å². The number of allylic oxidation sites excluding steroid dienone is 4. The molecule has 1 atom stereocenters. The van der Waals surface area contributed by atoms with Crippen LogP contribution in [0, 0.1) is 11.7 Å². The minimum absolute atomic E-state index is 0.232. The maximum atomic E-state index is 15.1. The van der Waals surface area contributed by atoms with Crippen LogP contribution < -0.4 is 0 Å². The molecule has 1 aliphatic carbocycles. The fourth-order valence-electron chi connectivity index (χ4n) is 4.09. The van der Waals surface area contributed by atoms with Gasteiger partial charge in [-0.25, -0.2) is 4.39 Å². The molecule has 28 heavy (non-hydrogen) atoms. The van der Waals surface area contributed by atoms with Crippen LogP contribution in [-0.4, -0.2) is 0 Å². The highest BCUT2D eigenvalue weighted by Gasteiger charge is 2.20. The lowest BCUT2D eigenvalue weighted by Gasteiger charge is -2.22. The molecular formula is C26H30ClF. The number of aryl methyl sites for hydroxylation is 1. The predicted molar refractivity (Wildman–Crippen MR) is 120 cm³/mol. The second-order valence-electron chi connectivity index (χ2n) is 7.75. The van der Waals surface area contributed by atoms with Gasteiger partial charge in [0.1, 0.15) is 5.82 Å². The van der Waals surface area contributed by atoms with Crippen molar-refractivity contribution in [3.05, 3.63) is 76.6 Å². The molecule has 2 aromatic carbocycles. The molecule has 0 fully saturated rings. The molecule has 0 nitrogen and oxygen atoms in total. The van der Waals surface area contributed by atoms with Gasteiger partial charge in [-0.05, 0) is 61.6 Å². The van der Waals surface area contributed by atoms with Gasteiger partial charge in [-0.2, -0.15) is 0 Å². The van der Waals surface area contributed by atoms with E-state index in [9.17, 15) is 0 Å². The summed E-state index contributed by atoms with van der Waals surface area (Å²) in [4.78, 5) is 0. The molecule has 0 radical (unpaired) electrons. The monoisotopic (exact) mass is 396 g/mol. The Morgan fingerprint density at radius 2 is 1.86 bits per heavy atom. The van der Waals surface area contributed by atoms with Gasteiger partial charge in [0.25, 0.3) is 0 Å². The van der Waals surface area contributed by atoms with E-state index in [0.29, 0.717) is 5.56 Å². The Hall–Kier alpha value is -1.86. The number of benzene rings is 2. The van der Waals surface area contributed by atoms with Crippen molar-refractivity contribution in [3.63, 3.8) is 0 Å². The molecule has 0 saturated carbocycles. The maximum Gasteiger partial charge on any atom is 0.149 e. The van der Waals surface area contributed by atoms with Crippen molar-refractivity contribution in [1.82, 2.24) is 0 Å². The zero-order chi connectivity index (χ0) is 19.9. The highest BCUT2D eigenvalue weighted by atomic mass is 35.5. The minimum atomic E-state index is -0.281. The summed E-state index contributed by atoms with van der Waals surface area (Å²) in [5.74, 6) is 0.467. The third kappa shape index (κ3) is 4.94. The van der Waals surface area contributed by atoms with Crippen LogP contribution >= 0.6 is 11.6 Å². The van der Waals surface area contributed by atoms with Gasteiger partial charge >= 0.3 is 0 Å². The maximum absolute atomic E-state index is 15.1. The van der Waals surface area contributed by atoms with Gasteiger partial charge in [0.05, 0.1) is 5.02 Å². The quantitative estimate of drug-likeness (QED) is 0.410. The van der Waals surface area contributed by atoms with Gasteiger partial charge in [0.15, 0.2) is 0 Å². The largest absolute Gasteiger partial charge is 0.205 e. The van der Waals surface area contributed by atoms with Gasteiger partial charge in [0, 0.05) is 11.1 Å². The molecular weight excluding hydrogens is 367 g/mol. The van der Waals surface area contributed by atoms with Crippen molar-refractivity contribution < 1.29 is 4.39 Å². The molecule has 0 heterocycles. The van der Waals surface area contributed by atoms with Gasteiger partial charge in [-0.3, -0.25) is 0 Å². The lowest BCUT2D eigenvalue weighted by molar-refractivity contribution is 0.444. The molecule has 0 amide bonds. The first-order valence-corrected chi connectivity index (χ1v) is 10.9. The average molecular weight is 397 g/mol. The van der Waals surface area contributed by atoms with Crippen LogP contribution in [-0.2, 0) is 6.42 Å². The summed E-state index contributed by atoms with van der Waals surface area (Å²) in [6.07, 6.45) is 14.1. The van der Waals surface area contributed by atoms with E-state index in [1.54, 1.807) is 0 Å². The van der Waals surface area contributed by atoms with Crippen molar-refractivity contribution in [1.29, 1.82) is 0 Å². The Kier molecular flexibility index (Phi) is 7.50. The molecule has 0 spiro atoms. The Balaban J connectivity index is 1.79. The molecule has 1 unspecified atom stereocenters. The summed E-state index contributed by atoms with van der Waals surface area (Å²) in [6.45, 7) is 4.27. The summed E-state index contributed by atoms with van der Waals surface area (Å²) in [6, 6.07) is 12.2. The van der Waals surface area contributed by atoms with Gasteiger partial charge in [-0.15, -0.1) is 0 Å². The fraction of sp³-hybridized carbons (Fsp3) is 0.385. The van der Waals surface area contributed by atoms with Gasteiger partial charge in [-0.1, -0.05) is 86.0 Å². The van der Waals surface area contributed by atoms with E-state index >= 15 is 4.39 Å². The van der Waals surface area contributed by atoms with E-state index in [-0.39, 0.29) is 10.8 Å². The lowest BCUT2D eigenvalue weighted by Crippen LogP contribution is -2.06. The number of hydrogen-bond acceptors (Lipinski definition) is 0. The zero-order valence-electron chi connectivity index (χ0n) is 17.0. The standard InChI is InChI=1S/C26H30ClF/c1-3-5-6-8-20-11-13-21(14-12-20)23-17-18-24(26(28)25(23)27)22-15-9-19(7-4-2)10-16-22/h3,5,11-15,17-19H,4,6-10,16H2,1-2H3/b5-3+. The first-order chi connectivity index (χ1) is 13.6. The number of rotatable bonds is 7. The van der Waals surface area contributed by atoms with Crippen LogP contribution in [0.2, 0.25) is 5.02 Å². The summed E-state index contributed by atoms with van der Waals surface area (Å²) in [7, 11) is 0. The van der Waals surface area contributed by atoms with Crippen molar-refractivity contribution in [2.45, 2.75) is 58.8 Å². The SMILES string of the molecule is C/C=C/CCc1ccc(-c2ccc(C3=CCC(CCC)CC3)c(F)c2Cl)cc1. The summed E-state index contributed by atoms with van der Waals surface area (Å²) in [5, 5.41) is 0.232. The topological polar surface area (TPSA) is 0 Å². The molecule has 0 bridgehead atoms. The van der Waals surface area contributed by atoms with Gasteiger partial charge in [0.2, 0.25) is 0 Å². The third-order valence-corrected chi connectivity index (χ3v) is 6.11. The van der Waals surface area contributed by atoms with E-state index < -0.39 is 0 Å². The molecule has 0 aromatic heterocycles. The van der Waals surface area contributed by atoms with Crippen LogP contribution in [0.25, 0.3) is 16.7 Å². The van der Waals surface area contributed by atoms with Crippen molar-refractivity contribution in [2.75, 3.05) is 0 Å². The van der Waals surface area contributed by atoms with Crippen LogP contribution in [0.4, 0.5) is 4.39 Å². The van der Waals surface area contributed by atoms with Crippen molar-refractivity contribution in [3.8, 4) is 11.1 Å². The number of halogens is 2. The molecule has 148 valence electrons. The van der Waals surface area contributed by atoms with E-state index in [4.69, 9.17) is 11.6 Å². The molecule has 2 heteroatoms. The Bertz CT molecular complexity index is 845. The lowest BCUT2D eigenvalue weighted by atomic mass is 9.84. The van der Waals surface area contributed by atoms with Crippen LogP contribution in [0.3, 0.4) is 0 Å². The van der Waals surface area contributed by atoms with Gasteiger partial charge < -0.3 is 0 Å². The van der Waals surface area contributed by atoms with E-state index in [2.05, 4.69) is 37.3 Å². The summed E-state index contributed by atoms with van der Waals surface area (Å²) >= 11 is 6.46. The molecule has 2 aromatic rings. The third-order valence-electron chi connectivity index (χ3n) is 5.75. The fourth-order valence-corrected chi connectivity index (χ4v) is 4.37. The molecule has 3 rings (SSSR count). The van der Waals surface area contributed by atoms with Crippen LogP contribution in [0.15, 0.2) is 54.6 Å². The highest BCUT2D eigenvalue weighted by Crippen LogP contribution is 2.38. The Labute approximate surface area is 174 Å². The molecule has 0 saturated heterocycles. The highest BCUT2D eigenvalue weighted by molar-refractivity contribution is 6.33. The Morgan fingerprint density at radius 1 is 1.11 bits per heavy atom. The van der Waals surface area contributed by atoms with E-state index in [1.807, 2.05) is 31.2 Å². The summed E-state index contributed by atoms with van der Waals surface area (Å²) in [5.41, 5.74) is 4.79. The van der Waals surface area contributed by atoms with E-state index in [1.165, 1.54) is 18.4 Å². The smallest absolute Gasteiger partial charge is 0.149 e. The number of hydrogen-bond donors (Lipinski definition) is 0. The normalized spacial score (nSPS) is 17.1. The average Bonchev–Trinajstić information content (AvgIpc) is 2.72. The molecule has 1 aliphatic rings. The first-order valence-electron chi connectivity index (χ1n) is 10.5.